The molecule has 1 aromatic rings. The van der Waals surface area contributed by atoms with Gasteiger partial charge in [0, 0.05) is 11.1 Å². The summed E-state index contributed by atoms with van der Waals surface area (Å²) in [6.45, 7) is 22.5. The summed E-state index contributed by atoms with van der Waals surface area (Å²) in [5.74, 6) is 0.939. The van der Waals surface area contributed by atoms with Crippen LogP contribution in [-0.4, -0.2) is 23.6 Å². The minimum Gasteiger partial charge on any atom is -0.495 e. The lowest BCUT2D eigenvalue weighted by Crippen LogP contribution is -2.26. The van der Waals surface area contributed by atoms with Crippen LogP contribution in [0.15, 0.2) is 30.9 Å². The van der Waals surface area contributed by atoms with Gasteiger partial charge in [0.15, 0.2) is 0 Å². The molecule has 0 N–H and O–H groups in total. The van der Waals surface area contributed by atoms with Crippen molar-refractivity contribution in [3.05, 3.63) is 42.0 Å². The Morgan fingerprint density at radius 3 is 1.96 bits per heavy atom. The summed E-state index contributed by atoms with van der Waals surface area (Å²) in [7, 11) is 1.61. The van der Waals surface area contributed by atoms with Crippen LogP contribution in [0.3, 0.4) is 0 Å². The van der Waals surface area contributed by atoms with E-state index in [1.54, 1.807) is 7.11 Å². The number of rotatable bonds is 5. The van der Waals surface area contributed by atoms with Gasteiger partial charge in [-0.1, -0.05) is 80.3 Å². The minimum atomic E-state index is -0.134. The summed E-state index contributed by atoms with van der Waals surface area (Å²) >= 11 is 0. The van der Waals surface area contributed by atoms with Gasteiger partial charge in [-0.05, 0) is 41.5 Å². The van der Waals surface area contributed by atoms with E-state index in [2.05, 4.69) is 79.3 Å². The molecule has 0 radical (unpaired) electrons. The summed E-state index contributed by atoms with van der Waals surface area (Å²) in [4.78, 5) is 0. The molecule has 0 aliphatic rings. The van der Waals surface area contributed by atoms with Gasteiger partial charge in [-0.2, -0.15) is 0 Å². The molecule has 0 saturated carbocycles. The van der Waals surface area contributed by atoms with Gasteiger partial charge in [0.05, 0.1) is 7.11 Å². The summed E-state index contributed by atoms with van der Waals surface area (Å²) in [5.41, 5.74) is 4.59. The molecule has 0 bridgehead atoms. The molecule has 0 amide bonds. The topological polar surface area (TPSA) is 9.23 Å². The molecular formula is C22H35OP. The van der Waals surface area contributed by atoms with E-state index in [0.717, 1.165) is 23.0 Å². The largest absolute Gasteiger partial charge is 0.495 e. The molecular weight excluding hydrogens is 311 g/mol. The lowest BCUT2D eigenvalue weighted by Gasteiger charge is -2.41. The Labute approximate surface area is 151 Å². The Morgan fingerprint density at radius 1 is 1.04 bits per heavy atom. The van der Waals surface area contributed by atoms with Gasteiger partial charge in [-0.3, -0.25) is 0 Å². The van der Waals surface area contributed by atoms with Crippen LogP contribution in [-0.2, 0) is 0 Å². The SMILES string of the molecule is C=C(C)c1cccc(/C(C)=C/CP(C(C)(C)C)C(C)(C)C)c1OC. The van der Waals surface area contributed by atoms with Crippen LogP contribution < -0.4 is 4.74 Å². The Morgan fingerprint density at radius 2 is 1.54 bits per heavy atom. The highest BCUT2D eigenvalue weighted by molar-refractivity contribution is 7.61. The smallest absolute Gasteiger partial charge is 0.133 e. The number of hydrogen-bond donors (Lipinski definition) is 0. The first kappa shape index (κ1) is 21.0. The van der Waals surface area contributed by atoms with Gasteiger partial charge >= 0.3 is 0 Å². The van der Waals surface area contributed by atoms with E-state index in [-0.39, 0.29) is 7.92 Å². The Balaban J connectivity index is 3.22. The summed E-state index contributed by atoms with van der Waals surface area (Å²) < 4.78 is 5.70. The summed E-state index contributed by atoms with van der Waals surface area (Å²) in [5, 5.41) is 0.683. The number of benzene rings is 1. The molecule has 2 heteroatoms. The normalized spacial score (nSPS) is 13.3. The fourth-order valence-electron chi connectivity index (χ4n) is 3.30. The lowest BCUT2D eigenvalue weighted by molar-refractivity contribution is 0.412. The molecule has 0 spiro atoms. The molecule has 1 aromatic carbocycles. The number of allylic oxidation sites excluding steroid dienone is 3. The van der Waals surface area contributed by atoms with Crippen molar-refractivity contribution in [2.45, 2.75) is 65.7 Å². The van der Waals surface area contributed by atoms with E-state index in [4.69, 9.17) is 4.74 Å². The molecule has 0 saturated heterocycles. The zero-order valence-electron chi connectivity index (χ0n) is 17.1. The second-order valence-corrected chi connectivity index (χ2v) is 12.4. The van der Waals surface area contributed by atoms with Crippen LogP contribution >= 0.6 is 7.92 Å². The fourth-order valence-corrected chi connectivity index (χ4v) is 6.86. The quantitative estimate of drug-likeness (QED) is 0.512. The highest BCUT2D eigenvalue weighted by atomic mass is 31.1. The van der Waals surface area contributed by atoms with E-state index in [9.17, 15) is 0 Å². The van der Waals surface area contributed by atoms with Crippen LogP contribution in [0.25, 0.3) is 11.1 Å². The Bertz CT molecular complexity index is 598. The van der Waals surface area contributed by atoms with E-state index >= 15 is 0 Å². The molecule has 0 aromatic heterocycles. The second kappa shape index (κ2) is 7.87. The molecule has 134 valence electrons. The van der Waals surface area contributed by atoms with Gasteiger partial charge in [-0.25, -0.2) is 0 Å². The van der Waals surface area contributed by atoms with Crippen molar-refractivity contribution in [3.8, 4) is 5.75 Å². The van der Waals surface area contributed by atoms with Crippen molar-refractivity contribution in [1.82, 2.24) is 0 Å². The van der Waals surface area contributed by atoms with Gasteiger partial charge in [-0.15, -0.1) is 0 Å². The molecule has 24 heavy (non-hydrogen) atoms. The first-order valence-electron chi connectivity index (χ1n) is 8.67. The number of ether oxygens (including phenoxy) is 1. The van der Waals surface area contributed by atoms with Crippen molar-refractivity contribution in [2.24, 2.45) is 0 Å². The third kappa shape index (κ3) is 5.21. The number of hydrogen-bond acceptors (Lipinski definition) is 1. The van der Waals surface area contributed by atoms with Crippen molar-refractivity contribution in [1.29, 1.82) is 0 Å². The number of para-hydroxylation sites is 1. The first-order valence-corrected chi connectivity index (χ1v) is 10.2. The molecule has 0 heterocycles. The van der Waals surface area contributed by atoms with E-state index in [1.165, 1.54) is 11.1 Å². The molecule has 1 rings (SSSR count). The Hall–Kier alpha value is -1.07. The lowest BCUT2D eigenvalue weighted by atomic mass is 9.99. The second-order valence-electron chi connectivity index (χ2n) is 8.51. The van der Waals surface area contributed by atoms with Crippen LogP contribution in [0.2, 0.25) is 0 Å². The van der Waals surface area contributed by atoms with Crippen LogP contribution in [0, 0.1) is 0 Å². The van der Waals surface area contributed by atoms with Gasteiger partial charge < -0.3 is 4.74 Å². The first-order chi connectivity index (χ1) is 10.9. The van der Waals surface area contributed by atoms with Crippen molar-refractivity contribution in [2.75, 3.05) is 13.3 Å². The van der Waals surface area contributed by atoms with E-state index < -0.39 is 0 Å². The van der Waals surface area contributed by atoms with E-state index in [0.29, 0.717) is 10.3 Å². The predicted octanol–water partition coefficient (Wildman–Crippen LogP) is 7.21. The Kier molecular flexibility index (Phi) is 6.88. The van der Waals surface area contributed by atoms with Gasteiger partial charge in [0.25, 0.3) is 0 Å². The monoisotopic (exact) mass is 346 g/mol. The van der Waals surface area contributed by atoms with Gasteiger partial charge in [0.2, 0.25) is 0 Å². The number of methoxy groups -OCH3 is 1. The zero-order chi connectivity index (χ0) is 18.7. The maximum absolute atomic E-state index is 5.70. The fraction of sp³-hybridized carbons (Fsp3) is 0.545. The standard InChI is InChI=1S/C22H35OP/c1-16(2)18-12-11-13-19(20(18)23-10)17(3)14-15-24(21(4,5)6)22(7,8)9/h11-14H,1,15H2,2-10H3/b17-14+. The van der Waals surface area contributed by atoms with Crippen LogP contribution in [0.5, 0.6) is 5.75 Å². The minimum absolute atomic E-state index is 0.134. The summed E-state index contributed by atoms with van der Waals surface area (Å²) in [6, 6.07) is 6.32. The highest BCUT2D eigenvalue weighted by Gasteiger charge is 2.33. The average Bonchev–Trinajstić information content (AvgIpc) is 2.43. The molecule has 0 atom stereocenters. The highest BCUT2D eigenvalue weighted by Crippen LogP contribution is 2.59. The molecule has 0 fully saturated rings. The van der Waals surface area contributed by atoms with Crippen molar-refractivity contribution in [3.63, 3.8) is 0 Å². The average molecular weight is 346 g/mol. The maximum atomic E-state index is 5.70. The molecule has 0 unspecified atom stereocenters. The third-order valence-electron chi connectivity index (χ3n) is 4.30. The molecule has 0 aliphatic heterocycles. The predicted molar refractivity (Wildman–Crippen MR) is 113 cm³/mol. The van der Waals surface area contributed by atoms with Crippen molar-refractivity contribution < 1.29 is 4.74 Å². The zero-order valence-corrected chi connectivity index (χ0v) is 18.0. The molecule has 1 nitrogen and oxygen atoms in total. The summed E-state index contributed by atoms with van der Waals surface area (Å²) in [6.07, 6.45) is 3.54. The maximum Gasteiger partial charge on any atom is 0.133 e. The third-order valence-corrected chi connectivity index (χ3v) is 8.09. The van der Waals surface area contributed by atoms with Crippen LogP contribution in [0.4, 0.5) is 0 Å². The molecule has 0 aliphatic carbocycles. The van der Waals surface area contributed by atoms with Gasteiger partial charge in [0.1, 0.15) is 5.75 Å². The van der Waals surface area contributed by atoms with Crippen molar-refractivity contribution >= 4 is 19.1 Å². The van der Waals surface area contributed by atoms with E-state index in [1.807, 2.05) is 6.92 Å². The van der Waals surface area contributed by atoms with Crippen LogP contribution in [0.1, 0.15) is 66.5 Å².